The van der Waals surface area contributed by atoms with Crippen molar-refractivity contribution in [2.75, 3.05) is 6.61 Å². The van der Waals surface area contributed by atoms with Crippen molar-refractivity contribution in [3.05, 3.63) is 64.1 Å². The van der Waals surface area contributed by atoms with Gasteiger partial charge in [0.2, 0.25) is 0 Å². The monoisotopic (exact) mass is 418 g/mol. The number of nitrogens with one attached hydrogen (secondary N) is 2. The Labute approximate surface area is 162 Å². The van der Waals surface area contributed by atoms with Gasteiger partial charge in [0.05, 0.1) is 12.2 Å². The number of hydrazine groups is 1. The summed E-state index contributed by atoms with van der Waals surface area (Å²) in [5.41, 5.74) is 5.70. The van der Waals surface area contributed by atoms with Crippen LogP contribution in [0.5, 0.6) is 5.75 Å². The zero-order valence-electron chi connectivity index (χ0n) is 14.8. The minimum absolute atomic E-state index is 0.389. The molecule has 0 fully saturated rings. The summed E-state index contributed by atoms with van der Waals surface area (Å²) in [5.74, 6) is -0.0481. The molecular formula is C20H23BrN2O3. The smallest absolute Gasteiger partial charge is 0.270 e. The number of amides is 2. The number of ether oxygens (including phenoxy) is 1. The molecule has 2 N–H and O–H groups in total. The number of hydrogen-bond donors (Lipinski definition) is 2. The van der Waals surface area contributed by atoms with Crippen molar-refractivity contribution < 1.29 is 14.3 Å². The predicted molar refractivity (Wildman–Crippen MR) is 105 cm³/mol. The van der Waals surface area contributed by atoms with Crippen LogP contribution in [0.15, 0.2) is 53.0 Å². The number of rotatable bonds is 8. The van der Waals surface area contributed by atoms with E-state index >= 15 is 0 Å². The summed E-state index contributed by atoms with van der Waals surface area (Å²) >= 11 is 3.30. The summed E-state index contributed by atoms with van der Waals surface area (Å²) in [6.07, 6.45) is 4.60. The van der Waals surface area contributed by atoms with E-state index in [9.17, 15) is 9.59 Å². The number of benzene rings is 2. The van der Waals surface area contributed by atoms with E-state index in [-0.39, 0.29) is 5.91 Å². The molecule has 138 valence electrons. The second-order valence-electron chi connectivity index (χ2n) is 5.82. The Morgan fingerprint density at radius 3 is 2.31 bits per heavy atom. The van der Waals surface area contributed by atoms with Crippen molar-refractivity contribution in [3.8, 4) is 5.75 Å². The molecule has 5 nitrogen and oxygen atoms in total. The Morgan fingerprint density at radius 1 is 0.923 bits per heavy atom. The van der Waals surface area contributed by atoms with Crippen LogP contribution in [0.1, 0.15) is 53.3 Å². The third-order valence-corrected chi connectivity index (χ3v) is 4.48. The first-order valence-corrected chi connectivity index (χ1v) is 9.49. The first-order chi connectivity index (χ1) is 12.6. The fourth-order valence-corrected chi connectivity index (χ4v) is 2.78. The molecule has 2 amide bonds. The molecule has 0 atom stereocenters. The average molecular weight is 419 g/mol. The van der Waals surface area contributed by atoms with Crippen LogP contribution in [-0.4, -0.2) is 18.4 Å². The van der Waals surface area contributed by atoms with E-state index < -0.39 is 5.91 Å². The molecule has 0 unspecified atom stereocenters. The summed E-state index contributed by atoms with van der Waals surface area (Å²) in [6.45, 7) is 2.85. The zero-order chi connectivity index (χ0) is 18.8. The summed E-state index contributed by atoms with van der Waals surface area (Å²) < 4.78 is 6.31. The summed E-state index contributed by atoms with van der Waals surface area (Å²) in [5, 5.41) is 0. The molecule has 0 saturated heterocycles. The third-order valence-electron chi connectivity index (χ3n) is 3.79. The van der Waals surface area contributed by atoms with Gasteiger partial charge in [-0.1, -0.05) is 38.3 Å². The minimum Gasteiger partial charge on any atom is -0.494 e. The van der Waals surface area contributed by atoms with E-state index in [4.69, 9.17) is 4.74 Å². The van der Waals surface area contributed by atoms with Gasteiger partial charge in [0, 0.05) is 10.0 Å². The highest BCUT2D eigenvalue weighted by atomic mass is 79.9. The Bertz CT molecular complexity index is 732. The van der Waals surface area contributed by atoms with E-state index in [1.54, 1.807) is 42.5 Å². The molecule has 0 bridgehead atoms. The van der Waals surface area contributed by atoms with E-state index in [1.807, 2.05) is 6.07 Å². The third kappa shape index (κ3) is 6.19. The van der Waals surface area contributed by atoms with Gasteiger partial charge in [-0.2, -0.15) is 0 Å². The lowest BCUT2D eigenvalue weighted by atomic mass is 10.2. The lowest BCUT2D eigenvalue weighted by molar-refractivity contribution is 0.0846. The molecule has 0 aliphatic rings. The van der Waals surface area contributed by atoms with Crippen molar-refractivity contribution in [1.29, 1.82) is 0 Å². The Balaban J connectivity index is 1.80. The average Bonchev–Trinajstić information content (AvgIpc) is 2.66. The second-order valence-corrected chi connectivity index (χ2v) is 6.68. The molecule has 0 spiro atoms. The fraction of sp³-hybridized carbons (Fsp3) is 0.300. The molecule has 2 aromatic rings. The maximum atomic E-state index is 12.1. The largest absolute Gasteiger partial charge is 0.494 e. The van der Waals surface area contributed by atoms with Gasteiger partial charge >= 0.3 is 0 Å². The highest BCUT2D eigenvalue weighted by Gasteiger charge is 2.11. The molecule has 2 aromatic carbocycles. The van der Waals surface area contributed by atoms with E-state index in [0.29, 0.717) is 22.2 Å². The van der Waals surface area contributed by atoms with Crippen LogP contribution < -0.4 is 15.6 Å². The first-order valence-electron chi connectivity index (χ1n) is 8.70. The van der Waals surface area contributed by atoms with Crippen molar-refractivity contribution in [2.45, 2.75) is 32.6 Å². The topological polar surface area (TPSA) is 67.4 Å². The molecule has 2 rings (SSSR count). The quantitative estimate of drug-likeness (QED) is 0.490. The maximum absolute atomic E-state index is 12.1. The first kappa shape index (κ1) is 20.0. The number of halogens is 1. The maximum Gasteiger partial charge on any atom is 0.270 e. The molecule has 0 saturated carbocycles. The van der Waals surface area contributed by atoms with Crippen molar-refractivity contribution in [2.24, 2.45) is 0 Å². The summed E-state index contributed by atoms with van der Waals surface area (Å²) in [4.78, 5) is 24.2. The molecule has 0 aliphatic carbocycles. The van der Waals surface area contributed by atoms with Gasteiger partial charge in [0.25, 0.3) is 11.8 Å². The Kier molecular flexibility index (Phi) is 8.15. The number of carbonyl (C=O) groups excluding carboxylic acids is 2. The SMILES string of the molecule is CCCCCCOc1ccc(C(=O)NNC(=O)c2ccccc2Br)cc1. The van der Waals surface area contributed by atoms with Crippen LogP contribution in [0.25, 0.3) is 0 Å². The fourth-order valence-electron chi connectivity index (χ4n) is 2.32. The van der Waals surface area contributed by atoms with Gasteiger partial charge in [-0.3, -0.25) is 20.4 Å². The zero-order valence-corrected chi connectivity index (χ0v) is 16.3. The molecule has 0 aromatic heterocycles. The van der Waals surface area contributed by atoms with Gasteiger partial charge in [-0.15, -0.1) is 0 Å². The van der Waals surface area contributed by atoms with E-state index in [1.165, 1.54) is 12.8 Å². The predicted octanol–water partition coefficient (Wildman–Crippen LogP) is 4.48. The minimum atomic E-state index is -0.391. The highest BCUT2D eigenvalue weighted by molar-refractivity contribution is 9.10. The number of carbonyl (C=O) groups is 2. The summed E-state index contributed by atoms with van der Waals surface area (Å²) in [6, 6.07) is 13.8. The van der Waals surface area contributed by atoms with Gasteiger partial charge < -0.3 is 4.74 Å². The molecular weight excluding hydrogens is 396 g/mol. The molecule has 0 radical (unpaired) electrons. The molecule has 0 aliphatic heterocycles. The van der Waals surface area contributed by atoms with Gasteiger partial charge in [0.1, 0.15) is 5.75 Å². The Hall–Kier alpha value is -2.34. The number of hydrogen-bond acceptors (Lipinski definition) is 3. The number of unbranched alkanes of at least 4 members (excludes halogenated alkanes) is 3. The van der Waals surface area contributed by atoms with Crippen LogP contribution >= 0.6 is 15.9 Å². The van der Waals surface area contributed by atoms with Crippen LogP contribution in [0.4, 0.5) is 0 Å². The van der Waals surface area contributed by atoms with Gasteiger partial charge in [-0.25, -0.2) is 0 Å². The summed E-state index contributed by atoms with van der Waals surface area (Å²) in [7, 11) is 0. The second kappa shape index (κ2) is 10.6. The molecule has 0 heterocycles. The van der Waals surface area contributed by atoms with Crippen LogP contribution in [-0.2, 0) is 0 Å². The lowest BCUT2D eigenvalue weighted by Crippen LogP contribution is -2.41. The normalized spacial score (nSPS) is 10.2. The van der Waals surface area contributed by atoms with Crippen molar-refractivity contribution in [1.82, 2.24) is 10.9 Å². The lowest BCUT2D eigenvalue weighted by Gasteiger charge is -2.09. The van der Waals surface area contributed by atoms with Crippen molar-refractivity contribution >= 4 is 27.7 Å². The van der Waals surface area contributed by atoms with E-state index in [0.717, 1.165) is 18.6 Å². The van der Waals surface area contributed by atoms with Gasteiger partial charge in [0.15, 0.2) is 0 Å². The van der Waals surface area contributed by atoms with Crippen LogP contribution in [0, 0.1) is 0 Å². The Morgan fingerprint density at radius 2 is 1.62 bits per heavy atom. The highest BCUT2D eigenvalue weighted by Crippen LogP contribution is 2.15. The molecule has 6 heteroatoms. The molecule has 26 heavy (non-hydrogen) atoms. The van der Waals surface area contributed by atoms with Crippen LogP contribution in [0.2, 0.25) is 0 Å². The van der Waals surface area contributed by atoms with Gasteiger partial charge in [-0.05, 0) is 58.7 Å². The van der Waals surface area contributed by atoms with Crippen molar-refractivity contribution in [3.63, 3.8) is 0 Å². The van der Waals surface area contributed by atoms with E-state index in [2.05, 4.69) is 33.7 Å². The van der Waals surface area contributed by atoms with Crippen LogP contribution in [0.3, 0.4) is 0 Å². The standard InChI is InChI=1S/C20H23BrN2O3/c1-2-3-4-7-14-26-16-12-10-15(11-13-16)19(24)22-23-20(25)17-8-5-6-9-18(17)21/h5-6,8-13H,2-4,7,14H2,1H3,(H,22,24)(H,23,25).